The molecule has 2 aromatic carbocycles. The first-order chi connectivity index (χ1) is 16.9. The lowest BCUT2D eigenvalue weighted by Crippen LogP contribution is -2.43. The number of fused-ring (bicyclic) bond motifs is 1. The van der Waals surface area contributed by atoms with Crippen molar-refractivity contribution in [2.24, 2.45) is 5.92 Å². The van der Waals surface area contributed by atoms with E-state index in [2.05, 4.69) is 17.0 Å². The summed E-state index contributed by atoms with van der Waals surface area (Å²) in [5.74, 6) is -0.543. The van der Waals surface area contributed by atoms with Crippen LogP contribution in [0.5, 0.6) is 0 Å². The highest BCUT2D eigenvalue weighted by molar-refractivity contribution is 5.93. The third-order valence-electron chi connectivity index (χ3n) is 6.32. The first-order valence-electron chi connectivity index (χ1n) is 12.8. The highest BCUT2D eigenvalue weighted by Gasteiger charge is 2.41. The Balaban J connectivity index is 1.82. The van der Waals surface area contributed by atoms with E-state index in [0.29, 0.717) is 6.54 Å². The number of hydrogen-bond donors (Lipinski definition) is 0. The first-order valence-corrected chi connectivity index (χ1v) is 12.8. The molecule has 0 spiro atoms. The van der Waals surface area contributed by atoms with E-state index in [9.17, 15) is 9.59 Å². The van der Waals surface area contributed by atoms with Crippen LogP contribution in [0, 0.1) is 5.92 Å². The highest BCUT2D eigenvalue weighted by atomic mass is 16.6. The lowest BCUT2D eigenvalue weighted by atomic mass is 9.84. The number of esters is 1. The van der Waals surface area contributed by atoms with Gasteiger partial charge in [-0.15, -0.1) is 0 Å². The van der Waals surface area contributed by atoms with E-state index >= 15 is 0 Å². The number of benzene rings is 2. The van der Waals surface area contributed by atoms with Crippen molar-refractivity contribution in [3.05, 3.63) is 71.9 Å². The summed E-state index contributed by atoms with van der Waals surface area (Å²) < 4.78 is 13.2. The Bertz CT molecular complexity index is 1220. The molecule has 0 amide bonds. The van der Waals surface area contributed by atoms with Crippen molar-refractivity contribution in [2.45, 2.75) is 78.2 Å². The Hall–Kier alpha value is -3.12. The van der Waals surface area contributed by atoms with Crippen molar-refractivity contribution in [1.29, 1.82) is 0 Å². The number of carbonyl (C=O) groups excluding carboxylic acids is 2. The fourth-order valence-corrected chi connectivity index (χ4v) is 5.00. The molecule has 6 nitrogen and oxygen atoms in total. The summed E-state index contributed by atoms with van der Waals surface area (Å²) >= 11 is 0. The van der Waals surface area contributed by atoms with Gasteiger partial charge in [0.2, 0.25) is 0 Å². The minimum absolute atomic E-state index is 0.195. The average Bonchev–Trinajstić information content (AvgIpc) is 3.17. The van der Waals surface area contributed by atoms with Gasteiger partial charge in [-0.25, -0.2) is 4.79 Å². The van der Waals surface area contributed by atoms with E-state index in [1.165, 1.54) is 5.56 Å². The van der Waals surface area contributed by atoms with Gasteiger partial charge in [0.05, 0.1) is 17.5 Å². The fraction of sp³-hybridized carbons (Fsp3) is 0.467. The Morgan fingerprint density at radius 3 is 2.19 bits per heavy atom. The van der Waals surface area contributed by atoms with Crippen molar-refractivity contribution in [1.82, 2.24) is 9.47 Å². The Morgan fingerprint density at radius 1 is 0.889 bits per heavy atom. The summed E-state index contributed by atoms with van der Waals surface area (Å²) in [4.78, 5) is 29.0. The molecule has 1 unspecified atom stereocenters. The lowest BCUT2D eigenvalue weighted by molar-refractivity contribution is -0.164. The molecule has 0 aliphatic carbocycles. The molecular weight excluding hydrogens is 452 g/mol. The van der Waals surface area contributed by atoms with Gasteiger partial charge in [0.15, 0.2) is 0 Å². The molecule has 0 N–H and O–H groups in total. The largest absolute Gasteiger partial charge is 0.460 e. The van der Waals surface area contributed by atoms with Crippen LogP contribution in [0.4, 0.5) is 4.79 Å². The van der Waals surface area contributed by atoms with Crippen LogP contribution in [0.2, 0.25) is 0 Å². The third-order valence-corrected chi connectivity index (χ3v) is 6.32. The van der Waals surface area contributed by atoms with Crippen LogP contribution in [0.1, 0.15) is 71.6 Å². The molecule has 2 heterocycles. The van der Waals surface area contributed by atoms with Crippen molar-refractivity contribution in [3.63, 3.8) is 0 Å². The van der Waals surface area contributed by atoms with E-state index in [0.717, 1.165) is 35.9 Å². The summed E-state index contributed by atoms with van der Waals surface area (Å²) in [6.45, 7) is 12.8. The topological polar surface area (TPSA) is 60.8 Å². The second-order valence-electron chi connectivity index (χ2n) is 11.6. The zero-order valence-corrected chi connectivity index (χ0v) is 22.3. The van der Waals surface area contributed by atoms with Gasteiger partial charge >= 0.3 is 12.1 Å². The maximum Gasteiger partial charge on any atom is 0.419 e. The quantitative estimate of drug-likeness (QED) is 0.380. The molecule has 0 bridgehead atoms. The maximum atomic E-state index is 13.5. The SMILES string of the molecule is CC(C)(C)OC(=O)[C@@H]1CCCN(Cc2ccccc2)C1c1cn(C(=O)OC(C)(C)C)c2ccccc12. The van der Waals surface area contributed by atoms with Gasteiger partial charge in [-0.3, -0.25) is 14.3 Å². The van der Waals surface area contributed by atoms with Gasteiger partial charge < -0.3 is 9.47 Å². The number of aromatic nitrogens is 1. The van der Waals surface area contributed by atoms with E-state index in [1.807, 2.05) is 90.2 Å². The summed E-state index contributed by atoms with van der Waals surface area (Å²) in [6.07, 6.45) is 3.07. The number of para-hydroxylation sites is 1. The molecule has 1 fully saturated rings. The third kappa shape index (κ3) is 5.98. The van der Waals surface area contributed by atoms with Crippen molar-refractivity contribution >= 4 is 23.0 Å². The molecule has 1 aromatic heterocycles. The molecule has 1 aliphatic rings. The number of ether oxygens (including phenoxy) is 2. The molecule has 3 aromatic rings. The number of piperidine rings is 1. The van der Waals surface area contributed by atoms with Crippen molar-refractivity contribution < 1.29 is 19.1 Å². The number of hydrogen-bond acceptors (Lipinski definition) is 5. The molecular formula is C30H38N2O4. The van der Waals surface area contributed by atoms with Crippen molar-refractivity contribution in [2.75, 3.05) is 6.54 Å². The van der Waals surface area contributed by atoms with Crippen LogP contribution in [0.15, 0.2) is 60.8 Å². The number of likely N-dealkylation sites (tertiary alicyclic amines) is 1. The average molecular weight is 491 g/mol. The van der Waals surface area contributed by atoms with Gasteiger partial charge in [0.25, 0.3) is 0 Å². The number of nitrogens with zero attached hydrogens (tertiary/aromatic N) is 2. The minimum Gasteiger partial charge on any atom is -0.460 e. The molecule has 36 heavy (non-hydrogen) atoms. The van der Waals surface area contributed by atoms with Crippen LogP contribution in [0.25, 0.3) is 10.9 Å². The van der Waals surface area contributed by atoms with Gasteiger partial charge in [0.1, 0.15) is 11.2 Å². The fourth-order valence-electron chi connectivity index (χ4n) is 5.00. The zero-order valence-electron chi connectivity index (χ0n) is 22.3. The Labute approximate surface area is 214 Å². The van der Waals surface area contributed by atoms with Crippen LogP contribution in [0.3, 0.4) is 0 Å². The molecule has 2 atom stereocenters. The molecule has 6 heteroatoms. The first kappa shape index (κ1) is 26.0. The van der Waals surface area contributed by atoms with E-state index in [1.54, 1.807) is 4.57 Å². The second-order valence-corrected chi connectivity index (χ2v) is 11.6. The standard InChI is InChI=1S/C30H38N2O4/c1-29(2,3)35-27(33)23-16-12-18-31(19-21-13-8-7-9-14-21)26(23)24-20-32(28(34)36-30(4,5)6)25-17-11-10-15-22(24)25/h7-11,13-15,17,20,23,26H,12,16,18-19H2,1-6H3/t23-,26?/m1/s1. The normalized spacial score (nSPS) is 19.3. The van der Waals surface area contributed by atoms with Crippen molar-refractivity contribution in [3.8, 4) is 0 Å². The van der Waals surface area contributed by atoms with Gasteiger partial charge in [-0.2, -0.15) is 0 Å². The summed E-state index contributed by atoms with van der Waals surface area (Å²) in [6, 6.07) is 17.9. The monoisotopic (exact) mass is 490 g/mol. The lowest BCUT2D eigenvalue weighted by Gasteiger charge is -2.41. The molecule has 0 radical (unpaired) electrons. The van der Waals surface area contributed by atoms with Gasteiger partial charge in [0, 0.05) is 18.1 Å². The van der Waals surface area contributed by atoms with E-state index in [4.69, 9.17) is 9.47 Å². The predicted octanol–water partition coefficient (Wildman–Crippen LogP) is 6.72. The van der Waals surface area contributed by atoms with Crippen LogP contribution < -0.4 is 0 Å². The molecule has 1 saturated heterocycles. The molecule has 4 rings (SSSR count). The predicted molar refractivity (Wildman–Crippen MR) is 142 cm³/mol. The number of carbonyl (C=O) groups is 2. The molecule has 0 saturated carbocycles. The van der Waals surface area contributed by atoms with Gasteiger partial charge in [-0.1, -0.05) is 48.5 Å². The van der Waals surface area contributed by atoms with E-state index in [-0.39, 0.29) is 17.9 Å². The van der Waals surface area contributed by atoms with Crippen LogP contribution >= 0.6 is 0 Å². The molecule has 1 aliphatic heterocycles. The van der Waals surface area contributed by atoms with Crippen LogP contribution in [-0.4, -0.2) is 39.3 Å². The second kappa shape index (κ2) is 10.1. The zero-order chi connectivity index (χ0) is 26.1. The Morgan fingerprint density at radius 2 is 1.53 bits per heavy atom. The van der Waals surface area contributed by atoms with E-state index < -0.39 is 17.3 Å². The smallest absolute Gasteiger partial charge is 0.419 e. The summed E-state index contributed by atoms with van der Waals surface area (Å²) in [7, 11) is 0. The highest BCUT2D eigenvalue weighted by Crippen LogP contribution is 2.42. The summed E-state index contributed by atoms with van der Waals surface area (Å²) in [5, 5.41) is 0.946. The van der Waals surface area contributed by atoms with Crippen LogP contribution in [-0.2, 0) is 20.8 Å². The Kier molecular flexibility index (Phi) is 7.28. The number of rotatable bonds is 4. The maximum absolute atomic E-state index is 13.5. The molecule has 192 valence electrons. The summed E-state index contributed by atoms with van der Waals surface area (Å²) in [5.41, 5.74) is 1.71. The van der Waals surface area contributed by atoms with Gasteiger partial charge in [-0.05, 0) is 78.1 Å². The minimum atomic E-state index is -0.619.